The van der Waals surface area contributed by atoms with Gasteiger partial charge in [0.2, 0.25) is 11.8 Å². The third kappa shape index (κ3) is 5.30. The van der Waals surface area contributed by atoms with Gasteiger partial charge in [-0.2, -0.15) is 0 Å². The number of carbonyl (C=O) groups excluding carboxylic acids is 2. The van der Waals surface area contributed by atoms with Crippen molar-refractivity contribution in [2.45, 2.75) is 51.2 Å². The van der Waals surface area contributed by atoms with Crippen LogP contribution in [0.4, 0.5) is 0 Å². The van der Waals surface area contributed by atoms with Crippen LogP contribution in [0, 0.1) is 5.92 Å². The Morgan fingerprint density at radius 3 is 2.52 bits per heavy atom. The first-order valence-electron chi connectivity index (χ1n) is 9.38. The fourth-order valence-electron chi connectivity index (χ4n) is 3.14. The van der Waals surface area contributed by atoms with Crippen molar-refractivity contribution in [3.05, 3.63) is 35.9 Å². The van der Waals surface area contributed by atoms with E-state index < -0.39 is 12.1 Å². The Bertz CT molecular complexity index is 580. The maximum atomic E-state index is 12.9. The van der Waals surface area contributed by atoms with E-state index in [1.54, 1.807) is 6.92 Å². The fraction of sp³-hybridized carbons (Fsp3) is 0.600. The van der Waals surface area contributed by atoms with Crippen molar-refractivity contribution in [2.75, 3.05) is 19.7 Å². The first kappa shape index (κ1) is 17.9. The van der Waals surface area contributed by atoms with Gasteiger partial charge in [-0.15, -0.1) is 0 Å². The largest absolute Gasteiger partial charge is 0.368 e. The molecule has 1 saturated heterocycles. The molecular weight excluding hydrogens is 316 g/mol. The molecule has 2 fully saturated rings. The highest BCUT2D eigenvalue weighted by Gasteiger charge is 2.30. The minimum absolute atomic E-state index is 0.0177. The quantitative estimate of drug-likeness (QED) is 0.786. The summed E-state index contributed by atoms with van der Waals surface area (Å²) < 4.78 is 5.65. The Kier molecular flexibility index (Phi) is 6.08. The SMILES string of the molecule is CC(OCC1CC1)C(=O)NC(Cc1ccccc1)C(=O)N1CCCC1. The number of ether oxygens (including phenoxy) is 1. The van der Waals surface area contributed by atoms with E-state index in [1.807, 2.05) is 35.2 Å². The van der Waals surface area contributed by atoms with E-state index in [0.29, 0.717) is 18.9 Å². The van der Waals surface area contributed by atoms with Gasteiger partial charge >= 0.3 is 0 Å². The van der Waals surface area contributed by atoms with Gasteiger partial charge in [-0.05, 0) is 44.1 Å². The second-order valence-corrected chi connectivity index (χ2v) is 7.20. The lowest BCUT2D eigenvalue weighted by Crippen LogP contribution is -2.51. The van der Waals surface area contributed by atoms with Crippen LogP contribution in [0.5, 0.6) is 0 Å². The second-order valence-electron chi connectivity index (χ2n) is 7.20. The smallest absolute Gasteiger partial charge is 0.249 e. The average molecular weight is 344 g/mol. The highest BCUT2D eigenvalue weighted by atomic mass is 16.5. The summed E-state index contributed by atoms with van der Waals surface area (Å²) in [6.45, 7) is 3.97. The summed E-state index contributed by atoms with van der Waals surface area (Å²) in [5.74, 6) is 0.430. The average Bonchev–Trinajstić information content (AvgIpc) is 3.30. The first-order chi connectivity index (χ1) is 12.1. The van der Waals surface area contributed by atoms with Crippen LogP contribution in [0.3, 0.4) is 0 Å². The number of nitrogens with zero attached hydrogens (tertiary/aromatic N) is 1. The molecule has 2 unspecified atom stereocenters. The summed E-state index contributed by atoms with van der Waals surface area (Å²) in [5, 5.41) is 2.93. The lowest BCUT2D eigenvalue weighted by atomic mass is 10.0. The number of nitrogens with one attached hydrogen (secondary N) is 1. The number of benzene rings is 1. The minimum atomic E-state index is -0.528. The Morgan fingerprint density at radius 2 is 1.88 bits per heavy atom. The molecule has 1 saturated carbocycles. The molecule has 5 heteroatoms. The molecule has 25 heavy (non-hydrogen) atoms. The summed E-state index contributed by atoms with van der Waals surface area (Å²) in [5.41, 5.74) is 1.05. The van der Waals surface area contributed by atoms with Gasteiger partial charge < -0.3 is 15.0 Å². The molecule has 3 rings (SSSR count). The zero-order valence-corrected chi connectivity index (χ0v) is 14.9. The summed E-state index contributed by atoms with van der Waals surface area (Å²) in [6.07, 6.45) is 4.45. The predicted octanol–water partition coefficient (Wildman–Crippen LogP) is 2.15. The normalized spacial score (nSPS) is 19.5. The third-order valence-corrected chi connectivity index (χ3v) is 4.96. The topological polar surface area (TPSA) is 58.6 Å². The van der Waals surface area contributed by atoms with Gasteiger partial charge in [-0.3, -0.25) is 9.59 Å². The van der Waals surface area contributed by atoms with E-state index in [1.165, 1.54) is 12.8 Å². The van der Waals surface area contributed by atoms with Gasteiger partial charge in [0.15, 0.2) is 0 Å². The fourth-order valence-corrected chi connectivity index (χ4v) is 3.14. The molecule has 0 aromatic heterocycles. The Balaban J connectivity index is 1.61. The van der Waals surface area contributed by atoms with Gasteiger partial charge in [0.05, 0.1) is 6.61 Å². The van der Waals surface area contributed by atoms with Crippen LogP contribution in [-0.4, -0.2) is 48.6 Å². The molecule has 1 aliphatic carbocycles. The van der Waals surface area contributed by atoms with E-state index >= 15 is 0 Å². The summed E-state index contributed by atoms with van der Waals surface area (Å²) >= 11 is 0. The first-order valence-corrected chi connectivity index (χ1v) is 9.38. The highest BCUT2D eigenvalue weighted by molar-refractivity contribution is 5.89. The van der Waals surface area contributed by atoms with E-state index in [2.05, 4.69) is 5.32 Å². The van der Waals surface area contributed by atoms with Gasteiger partial charge in [0.25, 0.3) is 0 Å². The standard InChI is InChI=1S/C20H28N2O3/c1-15(25-14-17-9-10-17)19(23)21-18(13-16-7-3-2-4-8-16)20(24)22-11-5-6-12-22/h2-4,7-8,15,17-18H,5-6,9-14H2,1H3,(H,21,23). The monoisotopic (exact) mass is 344 g/mol. The molecule has 1 aliphatic heterocycles. The van der Waals surface area contributed by atoms with Crippen LogP contribution in [0.1, 0.15) is 38.2 Å². The molecule has 1 heterocycles. The van der Waals surface area contributed by atoms with Crippen LogP contribution in [0.15, 0.2) is 30.3 Å². The number of amides is 2. The van der Waals surface area contributed by atoms with Crippen molar-refractivity contribution in [1.29, 1.82) is 0 Å². The molecule has 2 aliphatic rings. The molecule has 2 atom stereocenters. The van der Waals surface area contributed by atoms with Crippen LogP contribution < -0.4 is 5.32 Å². The van der Waals surface area contributed by atoms with Crippen molar-refractivity contribution in [3.8, 4) is 0 Å². The van der Waals surface area contributed by atoms with Crippen LogP contribution >= 0.6 is 0 Å². The van der Waals surface area contributed by atoms with Gasteiger partial charge in [-0.25, -0.2) is 0 Å². The predicted molar refractivity (Wildman–Crippen MR) is 96.0 cm³/mol. The van der Waals surface area contributed by atoms with E-state index in [0.717, 1.165) is 31.5 Å². The Hall–Kier alpha value is -1.88. The van der Waals surface area contributed by atoms with Crippen molar-refractivity contribution in [3.63, 3.8) is 0 Å². The lowest BCUT2D eigenvalue weighted by molar-refractivity contribution is -0.139. The van der Waals surface area contributed by atoms with Gasteiger partial charge in [0.1, 0.15) is 12.1 Å². The van der Waals surface area contributed by atoms with E-state index in [4.69, 9.17) is 4.74 Å². The van der Waals surface area contributed by atoms with Crippen LogP contribution in [0.2, 0.25) is 0 Å². The summed E-state index contributed by atoms with van der Waals surface area (Å²) in [6, 6.07) is 9.31. The zero-order chi connectivity index (χ0) is 17.6. The molecule has 5 nitrogen and oxygen atoms in total. The molecule has 0 spiro atoms. The number of rotatable bonds is 8. The molecule has 136 valence electrons. The van der Waals surface area contributed by atoms with Crippen LogP contribution in [-0.2, 0) is 20.7 Å². The molecule has 0 radical (unpaired) electrons. The lowest BCUT2D eigenvalue weighted by Gasteiger charge is -2.25. The Labute approximate surface area is 149 Å². The van der Waals surface area contributed by atoms with E-state index in [9.17, 15) is 9.59 Å². The summed E-state index contributed by atoms with van der Waals surface area (Å²) in [4.78, 5) is 27.2. The molecule has 1 aromatic carbocycles. The number of carbonyl (C=O) groups is 2. The zero-order valence-electron chi connectivity index (χ0n) is 14.9. The Morgan fingerprint density at radius 1 is 1.20 bits per heavy atom. The summed E-state index contributed by atoms with van der Waals surface area (Å²) in [7, 11) is 0. The molecular formula is C20H28N2O3. The van der Waals surface area contributed by atoms with Crippen molar-refractivity contribution >= 4 is 11.8 Å². The van der Waals surface area contributed by atoms with E-state index in [-0.39, 0.29) is 11.8 Å². The van der Waals surface area contributed by atoms with Crippen molar-refractivity contribution in [2.24, 2.45) is 5.92 Å². The maximum absolute atomic E-state index is 12.9. The number of hydrogen-bond acceptors (Lipinski definition) is 3. The second kappa shape index (κ2) is 8.48. The maximum Gasteiger partial charge on any atom is 0.249 e. The van der Waals surface area contributed by atoms with Gasteiger partial charge in [-0.1, -0.05) is 30.3 Å². The number of likely N-dealkylation sites (tertiary alicyclic amines) is 1. The third-order valence-electron chi connectivity index (χ3n) is 4.96. The van der Waals surface area contributed by atoms with Crippen LogP contribution in [0.25, 0.3) is 0 Å². The molecule has 1 aromatic rings. The van der Waals surface area contributed by atoms with Gasteiger partial charge in [0, 0.05) is 19.5 Å². The molecule has 2 amide bonds. The minimum Gasteiger partial charge on any atom is -0.368 e. The highest BCUT2D eigenvalue weighted by Crippen LogP contribution is 2.29. The van der Waals surface area contributed by atoms with Crippen molar-refractivity contribution < 1.29 is 14.3 Å². The molecule has 1 N–H and O–H groups in total. The number of hydrogen-bond donors (Lipinski definition) is 1. The van der Waals surface area contributed by atoms with Crippen molar-refractivity contribution in [1.82, 2.24) is 10.2 Å². The molecule has 0 bridgehead atoms.